The average molecular weight is 803 g/mol. The SMILES string of the molecule is CC1(C)c2ccccc2-c2cc(-c3ccccc3-c3cc(-c4cccc(-c5cccc(-c6c7ccccc7cc7c6ccc6ccccc67)c5)c4)nc(-c4ccccc4)n3)ccc21. The Kier molecular flexibility index (Phi) is 8.55. The van der Waals surface area contributed by atoms with Gasteiger partial charge in [-0.25, -0.2) is 9.97 Å². The van der Waals surface area contributed by atoms with Gasteiger partial charge in [0.1, 0.15) is 0 Å². The van der Waals surface area contributed by atoms with Gasteiger partial charge >= 0.3 is 0 Å². The third-order valence-electron chi connectivity index (χ3n) is 13.3. The maximum absolute atomic E-state index is 5.30. The predicted molar refractivity (Wildman–Crippen MR) is 265 cm³/mol. The number of fused-ring (bicyclic) bond motifs is 7. The number of benzene rings is 10. The Labute approximate surface area is 367 Å². The number of aromatic nitrogens is 2. The standard InChI is InChI=1S/C61H42N2/c1-61(2)55-29-13-12-27-50(55)54-37-44(31-33-56(54)61)48-25-10-11-28-51(48)58-38-57(62-60(63-58)40-17-4-3-5-18-40)45-22-14-20-41(34-45)42-21-15-23-46(35-42)59-49-26-9-7-19-43(49)36-53-47-24-8-6-16-39(47)30-32-52(53)59/h3-38H,1-2H3. The van der Waals surface area contributed by atoms with Gasteiger partial charge in [0.15, 0.2) is 5.82 Å². The van der Waals surface area contributed by atoms with Gasteiger partial charge in [-0.15, -0.1) is 0 Å². The first kappa shape index (κ1) is 36.9. The van der Waals surface area contributed by atoms with Crippen molar-refractivity contribution in [3.8, 4) is 78.4 Å². The van der Waals surface area contributed by atoms with Crippen LogP contribution in [0.3, 0.4) is 0 Å². The van der Waals surface area contributed by atoms with Crippen molar-refractivity contribution in [3.63, 3.8) is 0 Å². The monoisotopic (exact) mass is 802 g/mol. The molecule has 0 fully saturated rings. The first-order chi connectivity index (χ1) is 31.0. The Bertz CT molecular complexity index is 3600. The van der Waals surface area contributed by atoms with E-state index in [4.69, 9.17) is 9.97 Å². The molecule has 0 aliphatic heterocycles. The fraction of sp³-hybridized carbons (Fsp3) is 0.0492. The lowest BCUT2D eigenvalue weighted by molar-refractivity contribution is 0.660. The Morgan fingerprint density at radius 3 is 1.73 bits per heavy atom. The predicted octanol–water partition coefficient (Wildman–Crippen LogP) is 16.2. The molecule has 2 nitrogen and oxygen atoms in total. The molecule has 0 spiro atoms. The lowest BCUT2D eigenvalue weighted by atomic mass is 9.82. The number of hydrogen-bond donors (Lipinski definition) is 0. The smallest absolute Gasteiger partial charge is 0.160 e. The van der Waals surface area contributed by atoms with E-state index in [0.717, 1.165) is 44.8 Å². The molecule has 0 saturated heterocycles. The second kappa shape index (κ2) is 14.6. The van der Waals surface area contributed by atoms with Crippen LogP contribution in [-0.2, 0) is 5.41 Å². The van der Waals surface area contributed by atoms with Crippen LogP contribution in [0.4, 0.5) is 0 Å². The summed E-state index contributed by atoms with van der Waals surface area (Å²) < 4.78 is 0. The zero-order chi connectivity index (χ0) is 42.1. The highest BCUT2D eigenvalue weighted by Gasteiger charge is 2.35. The van der Waals surface area contributed by atoms with Crippen LogP contribution >= 0.6 is 0 Å². The quantitative estimate of drug-likeness (QED) is 0.124. The molecule has 0 atom stereocenters. The van der Waals surface area contributed by atoms with Crippen molar-refractivity contribution in [2.75, 3.05) is 0 Å². The van der Waals surface area contributed by atoms with Crippen LogP contribution in [0, 0.1) is 0 Å². The largest absolute Gasteiger partial charge is 0.228 e. The Morgan fingerprint density at radius 1 is 0.302 bits per heavy atom. The summed E-state index contributed by atoms with van der Waals surface area (Å²) in [6.45, 7) is 4.66. The molecule has 0 bridgehead atoms. The van der Waals surface area contributed by atoms with Crippen molar-refractivity contribution in [1.82, 2.24) is 9.97 Å². The van der Waals surface area contributed by atoms with E-state index in [1.54, 1.807) is 0 Å². The van der Waals surface area contributed by atoms with E-state index in [1.807, 2.05) is 6.07 Å². The van der Waals surface area contributed by atoms with Gasteiger partial charge in [-0.3, -0.25) is 0 Å². The third kappa shape index (κ3) is 6.17. The highest BCUT2D eigenvalue weighted by atomic mass is 14.9. The molecular weight excluding hydrogens is 761 g/mol. The molecular formula is C61H42N2. The lowest BCUT2D eigenvalue weighted by Gasteiger charge is -2.21. The van der Waals surface area contributed by atoms with Crippen LogP contribution in [0.25, 0.3) is 111 Å². The summed E-state index contributed by atoms with van der Waals surface area (Å²) in [6, 6.07) is 79.2. The van der Waals surface area contributed by atoms with Gasteiger partial charge in [-0.2, -0.15) is 0 Å². The van der Waals surface area contributed by atoms with Gasteiger partial charge in [0.2, 0.25) is 0 Å². The molecule has 1 aliphatic rings. The van der Waals surface area contributed by atoms with Gasteiger partial charge in [0.25, 0.3) is 0 Å². The Balaban J connectivity index is 0.984. The van der Waals surface area contributed by atoms with Crippen LogP contribution in [0.15, 0.2) is 218 Å². The molecule has 10 aromatic carbocycles. The summed E-state index contributed by atoms with van der Waals surface area (Å²) in [4.78, 5) is 10.6. The molecule has 0 saturated carbocycles. The van der Waals surface area contributed by atoms with E-state index in [0.29, 0.717) is 5.82 Å². The van der Waals surface area contributed by atoms with Crippen molar-refractivity contribution in [1.29, 1.82) is 0 Å². The average Bonchev–Trinajstić information content (AvgIpc) is 3.58. The van der Waals surface area contributed by atoms with Crippen molar-refractivity contribution in [2.24, 2.45) is 0 Å². The normalized spacial score (nSPS) is 12.7. The second-order valence-electron chi connectivity index (χ2n) is 17.3. The Hall–Kier alpha value is -7.94. The third-order valence-corrected chi connectivity index (χ3v) is 13.3. The lowest BCUT2D eigenvalue weighted by Crippen LogP contribution is -2.14. The maximum atomic E-state index is 5.30. The topological polar surface area (TPSA) is 25.8 Å². The first-order valence-corrected chi connectivity index (χ1v) is 21.8. The highest BCUT2D eigenvalue weighted by Crippen LogP contribution is 2.50. The fourth-order valence-electron chi connectivity index (χ4n) is 10.1. The van der Waals surface area contributed by atoms with Crippen molar-refractivity contribution >= 4 is 32.3 Å². The molecule has 296 valence electrons. The van der Waals surface area contributed by atoms with Gasteiger partial charge in [0, 0.05) is 22.1 Å². The number of rotatable bonds is 6. The molecule has 0 amide bonds. The summed E-state index contributed by atoms with van der Waals surface area (Å²) in [6.07, 6.45) is 0. The fourth-order valence-corrected chi connectivity index (χ4v) is 10.1. The summed E-state index contributed by atoms with van der Waals surface area (Å²) in [5.74, 6) is 0.699. The molecule has 1 heterocycles. The summed E-state index contributed by atoms with van der Waals surface area (Å²) in [7, 11) is 0. The number of hydrogen-bond acceptors (Lipinski definition) is 2. The molecule has 1 aromatic heterocycles. The molecule has 63 heavy (non-hydrogen) atoms. The first-order valence-electron chi connectivity index (χ1n) is 21.8. The minimum Gasteiger partial charge on any atom is -0.228 e. The van der Waals surface area contributed by atoms with E-state index in [1.165, 1.54) is 71.3 Å². The van der Waals surface area contributed by atoms with Gasteiger partial charge < -0.3 is 0 Å². The van der Waals surface area contributed by atoms with E-state index < -0.39 is 0 Å². The summed E-state index contributed by atoms with van der Waals surface area (Å²) in [5, 5.41) is 7.55. The second-order valence-corrected chi connectivity index (χ2v) is 17.3. The summed E-state index contributed by atoms with van der Waals surface area (Å²) in [5.41, 5.74) is 17.2. The minimum atomic E-state index is -0.0500. The van der Waals surface area contributed by atoms with E-state index >= 15 is 0 Å². The molecule has 0 radical (unpaired) electrons. The van der Waals surface area contributed by atoms with E-state index in [9.17, 15) is 0 Å². The maximum Gasteiger partial charge on any atom is 0.160 e. The van der Waals surface area contributed by atoms with Crippen LogP contribution in [0.5, 0.6) is 0 Å². The van der Waals surface area contributed by atoms with Crippen LogP contribution in [0.1, 0.15) is 25.0 Å². The van der Waals surface area contributed by atoms with Crippen molar-refractivity contribution < 1.29 is 0 Å². The van der Waals surface area contributed by atoms with Crippen molar-refractivity contribution in [2.45, 2.75) is 19.3 Å². The zero-order valence-electron chi connectivity index (χ0n) is 35.2. The van der Waals surface area contributed by atoms with Crippen LogP contribution < -0.4 is 0 Å². The minimum absolute atomic E-state index is 0.0500. The molecule has 12 rings (SSSR count). The van der Waals surface area contributed by atoms with Crippen molar-refractivity contribution in [3.05, 3.63) is 230 Å². The number of nitrogens with zero attached hydrogens (tertiary/aromatic N) is 2. The molecule has 1 aliphatic carbocycles. The molecule has 11 aromatic rings. The van der Waals surface area contributed by atoms with Gasteiger partial charge in [0.05, 0.1) is 11.4 Å². The molecule has 0 N–H and O–H groups in total. The zero-order valence-corrected chi connectivity index (χ0v) is 35.2. The van der Waals surface area contributed by atoms with Gasteiger partial charge in [-0.05, 0) is 118 Å². The Morgan fingerprint density at radius 2 is 0.905 bits per heavy atom. The molecule has 2 heteroatoms. The van der Waals surface area contributed by atoms with Crippen LogP contribution in [0.2, 0.25) is 0 Å². The highest BCUT2D eigenvalue weighted by molar-refractivity contribution is 6.20. The van der Waals surface area contributed by atoms with E-state index in [-0.39, 0.29) is 5.41 Å². The molecule has 0 unspecified atom stereocenters. The van der Waals surface area contributed by atoms with Gasteiger partial charge in [-0.1, -0.05) is 202 Å². The summed E-state index contributed by atoms with van der Waals surface area (Å²) >= 11 is 0. The van der Waals surface area contributed by atoms with E-state index in [2.05, 4.69) is 226 Å². The van der Waals surface area contributed by atoms with Crippen LogP contribution in [-0.4, -0.2) is 9.97 Å².